The van der Waals surface area contributed by atoms with E-state index in [1.807, 2.05) is 0 Å². The average molecular weight is 211 g/mol. The Morgan fingerprint density at radius 3 is 3.07 bits per heavy atom. The van der Waals surface area contributed by atoms with Crippen LogP contribution in [0.4, 0.5) is 0 Å². The van der Waals surface area contributed by atoms with Gasteiger partial charge in [-0.05, 0) is 30.4 Å². The highest BCUT2D eigenvalue weighted by Crippen LogP contribution is 2.26. The zero-order valence-electron chi connectivity index (χ0n) is 8.75. The normalized spacial score (nSPS) is 27.9. The first-order chi connectivity index (χ1) is 6.79. The van der Waals surface area contributed by atoms with Gasteiger partial charge in [0.1, 0.15) is 0 Å². The summed E-state index contributed by atoms with van der Waals surface area (Å²) in [5.74, 6) is 0. The Hall–Kier alpha value is -0.380. The van der Waals surface area contributed by atoms with Crippen LogP contribution in [-0.4, -0.2) is 19.2 Å². The molecule has 0 spiro atoms. The second-order valence-electron chi connectivity index (χ2n) is 3.80. The molecule has 2 rings (SSSR count). The maximum absolute atomic E-state index is 5.98. The quantitative estimate of drug-likeness (QED) is 0.811. The molecule has 78 valence electrons. The Bertz CT molecular complexity index is 297. The fourth-order valence-corrected chi connectivity index (χ4v) is 2.52. The van der Waals surface area contributed by atoms with Crippen LogP contribution >= 0.6 is 11.3 Å². The summed E-state index contributed by atoms with van der Waals surface area (Å²) in [4.78, 5) is 1.36. The highest BCUT2D eigenvalue weighted by molar-refractivity contribution is 7.10. The van der Waals surface area contributed by atoms with Crippen molar-refractivity contribution >= 4 is 11.3 Å². The molecule has 0 radical (unpaired) electrons. The molecule has 0 bridgehead atoms. The molecular formula is C11H17NOS. The van der Waals surface area contributed by atoms with E-state index in [2.05, 4.69) is 30.6 Å². The Kier molecular flexibility index (Phi) is 3.21. The number of ether oxygens (including phenoxy) is 1. The van der Waals surface area contributed by atoms with E-state index in [1.165, 1.54) is 10.4 Å². The van der Waals surface area contributed by atoms with Crippen LogP contribution in [0.5, 0.6) is 0 Å². The van der Waals surface area contributed by atoms with Crippen molar-refractivity contribution in [2.45, 2.75) is 32.5 Å². The van der Waals surface area contributed by atoms with E-state index in [0.717, 1.165) is 19.5 Å². The van der Waals surface area contributed by atoms with E-state index >= 15 is 0 Å². The third-order valence-electron chi connectivity index (χ3n) is 2.64. The lowest BCUT2D eigenvalue weighted by molar-refractivity contribution is -0.0398. The zero-order valence-corrected chi connectivity index (χ0v) is 9.56. The molecule has 2 heterocycles. The Morgan fingerprint density at radius 2 is 2.43 bits per heavy atom. The molecule has 3 heteroatoms. The molecule has 2 nitrogen and oxygen atoms in total. The van der Waals surface area contributed by atoms with Gasteiger partial charge < -0.3 is 10.1 Å². The number of nitrogens with one attached hydrogen (secondary N) is 1. The number of hydrogen-bond donors (Lipinski definition) is 1. The lowest BCUT2D eigenvalue weighted by Gasteiger charge is -2.30. The van der Waals surface area contributed by atoms with Crippen molar-refractivity contribution in [1.82, 2.24) is 5.32 Å². The number of thiophene rings is 1. The topological polar surface area (TPSA) is 21.3 Å². The second-order valence-corrected chi connectivity index (χ2v) is 4.92. The van der Waals surface area contributed by atoms with Gasteiger partial charge in [0.05, 0.1) is 12.2 Å². The van der Waals surface area contributed by atoms with E-state index in [1.54, 1.807) is 11.3 Å². The average Bonchev–Trinajstić information content (AvgIpc) is 2.65. The minimum atomic E-state index is 0.263. The highest BCUT2D eigenvalue weighted by atomic mass is 32.1. The van der Waals surface area contributed by atoms with Crippen molar-refractivity contribution in [3.05, 3.63) is 21.9 Å². The minimum Gasteiger partial charge on any atom is -0.368 e. The van der Waals surface area contributed by atoms with Gasteiger partial charge in [0.25, 0.3) is 0 Å². The Balaban J connectivity index is 2.04. The summed E-state index contributed by atoms with van der Waals surface area (Å²) in [6.07, 6.45) is 1.74. The van der Waals surface area contributed by atoms with Gasteiger partial charge in [0, 0.05) is 18.0 Å². The van der Waals surface area contributed by atoms with E-state index in [-0.39, 0.29) is 6.10 Å². The van der Waals surface area contributed by atoms with Crippen molar-refractivity contribution < 1.29 is 4.74 Å². The summed E-state index contributed by atoms with van der Waals surface area (Å²) in [5, 5.41) is 5.63. The lowest BCUT2D eigenvalue weighted by Crippen LogP contribution is -2.40. The number of morpholine rings is 1. The third-order valence-corrected chi connectivity index (χ3v) is 3.52. The minimum absolute atomic E-state index is 0.263. The first kappa shape index (κ1) is 10.1. The van der Waals surface area contributed by atoms with Gasteiger partial charge in [-0.15, -0.1) is 11.3 Å². The van der Waals surface area contributed by atoms with Crippen LogP contribution in [0.1, 0.15) is 29.9 Å². The van der Waals surface area contributed by atoms with Crippen molar-refractivity contribution in [2.24, 2.45) is 0 Å². The highest BCUT2D eigenvalue weighted by Gasteiger charge is 2.22. The largest absolute Gasteiger partial charge is 0.368 e. The Morgan fingerprint density at radius 1 is 1.57 bits per heavy atom. The monoisotopic (exact) mass is 211 g/mol. The molecule has 1 aliphatic heterocycles. The summed E-state index contributed by atoms with van der Waals surface area (Å²) in [6.45, 7) is 6.26. The van der Waals surface area contributed by atoms with Crippen molar-refractivity contribution in [3.8, 4) is 0 Å². The molecule has 1 aromatic rings. The standard InChI is InChI=1S/C11H17NOS/c1-3-10-5-12-6-11(13-10)9-4-8(2)14-7-9/h4,7,10-12H,3,5-6H2,1-2H3. The van der Waals surface area contributed by atoms with Gasteiger partial charge in [0.2, 0.25) is 0 Å². The van der Waals surface area contributed by atoms with E-state index in [9.17, 15) is 0 Å². The van der Waals surface area contributed by atoms with Gasteiger partial charge in [0.15, 0.2) is 0 Å². The number of aryl methyl sites for hydroxylation is 1. The number of hydrogen-bond acceptors (Lipinski definition) is 3. The fourth-order valence-electron chi connectivity index (χ4n) is 1.77. The molecule has 2 unspecified atom stereocenters. The molecule has 1 aromatic heterocycles. The smallest absolute Gasteiger partial charge is 0.0961 e. The molecule has 0 aliphatic carbocycles. The first-order valence-electron chi connectivity index (χ1n) is 5.20. The number of rotatable bonds is 2. The first-order valence-corrected chi connectivity index (χ1v) is 6.08. The molecule has 1 aliphatic rings. The van der Waals surface area contributed by atoms with Crippen LogP contribution in [0.2, 0.25) is 0 Å². The summed E-state index contributed by atoms with van der Waals surface area (Å²) in [6, 6.07) is 2.23. The van der Waals surface area contributed by atoms with Gasteiger partial charge in [-0.3, -0.25) is 0 Å². The van der Waals surface area contributed by atoms with Gasteiger partial charge in [-0.25, -0.2) is 0 Å². The SMILES string of the molecule is CCC1CNCC(c2csc(C)c2)O1. The van der Waals surface area contributed by atoms with Gasteiger partial charge >= 0.3 is 0 Å². The van der Waals surface area contributed by atoms with Crippen LogP contribution in [0.3, 0.4) is 0 Å². The van der Waals surface area contributed by atoms with Gasteiger partial charge in [-0.2, -0.15) is 0 Å². The molecule has 14 heavy (non-hydrogen) atoms. The second kappa shape index (κ2) is 4.43. The molecular weight excluding hydrogens is 194 g/mol. The van der Waals surface area contributed by atoms with Crippen molar-refractivity contribution in [2.75, 3.05) is 13.1 Å². The summed E-state index contributed by atoms with van der Waals surface area (Å²) < 4.78 is 5.98. The molecule has 0 aromatic carbocycles. The molecule has 1 N–H and O–H groups in total. The van der Waals surface area contributed by atoms with E-state index in [4.69, 9.17) is 4.74 Å². The third kappa shape index (κ3) is 2.16. The summed E-state index contributed by atoms with van der Waals surface area (Å²) >= 11 is 1.80. The van der Waals surface area contributed by atoms with Gasteiger partial charge in [-0.1, -0.05) is 6.92 Å². The molecule has 0 saturated carbocycles. The fraction of sp³-hybridized carbons (Fsp3) is 0.636. The molecule has 2 atom stereocenters. The predicted molar refractivity (Wildman–Crippen MR) is 59.8 cm³/mol. The Labute approximate surface area is 89.3 Å². The van der Waals surface area contributed by atoms with Crippen molar-refractivity contribution in [3.63, 3.8) is 0 Å². The zero-order chi connectivity index (χ0) is 9.97. The van der Waals surface area contributed by atoms with Crippen LogP contribution in [-0.2, 0) is 4.74 Å². The maximum atomic E-state index is 5.98. The van der Waals surface area contributed by atoms with Crippen molar-refractivity contribution in [1.29, 1.82) is 0 Å². The maximum Gasteiger partial charge on any atom is 0.0961 e. The predicted octanol–water partition coefficient (Wildman–Crippen LogP) is 2.50. The van der Waals surface area contributed by atoms with Crippen LogP contribution in [0.15, 0.2) is 11.4 Å². The summed E-state index contributed by atoms with van der Waals surface area (Å²) in [5.41, 5.74) is 1.33. The van der Waals surface area contributed by atoms with Crippen LogP contribution in [0.25, 0.3) is 0 Å². The van der Waals surface area contributed by atoms with Crippen LogP contribution in [0, 0.1) is 6.92 Å². The molecule has 1 fully saturated rings. The lowest BCUT2D eigenvalue weighted by atomic mass is 10.1. The van der Waals surface area contributed by atoms with E-state index in [0.29, 0.717) is 6.10 Å². The molecule has 1 saturated heterocycles. The van der Waals surface area contributed by atoms with Crippen LogP contribution < -0.4 is 5.32 Å². The molecule has 0 amide bonds. The summed E-state index contributed by atoms with van der Waals surface area (Å²) in [7, 11) is 0. The van der Waals surface area contributed by atoms with E-state index < -0.39 is 0 Å².